The van der Waals surface area contributed by atoms with E-state index < -0.39 is 5.97 Å². The molecule has 0 fully saturated rings. The summed E-state index contributed by atoms with van der Waals surface area (Å²) in [6.45, 7) is 2.32. The molecule has 0 aromatic rings. The number of nitrogens with one attached hydrogen (secondary N) is 1. The highest BCUT2D eigenvalue weighted by Crippen LogP contribution is 2.34. The monoisotopic (exact) mass is 233 g/mol. The third-order valence-electron chi connectivity index (χ3n) is 1.52. The number of hydrogen-bond acceptors (Lipinski definition) is 4. The molecule has 78 valence electrons. The largest absolute Gasteiger partial charge is 0.477 e. The Balaban J connectivity index is 2.88. The number of carboxylic acids is 1. The lowest BCUT2D eigenvalue weighted by Crippen LogP contribution is -2.26. The van der Waals surface area contributed by atoms with Crippen LogP contribution in [0.1, 0.15) is 6.92 Å². The number of carbonyl (C=O) groups is 2. The van der Waals surface area contributed by atoms with E-state index in [1.54, 1.807) is 6.92 Å². The van der Waals surface area contributed by atoms with Crippen molar-refractivity contribution in [3.05, 3.63) is 9.81 Å². The molecule has 14 heavy (non-hydrogen) atoms. The minimum Gasteiger partial charge on any atom is -0.477 e. The van der Waals surface area contributed by atoms with Crippen molar-refractivity contribution in [2.24, 2.45) is 0 Å². The molecule has 1 amide bonds. The zero-order chi connectivity index (χ0) is 10.6. The summed E-state index contributed by atoms with van der Waals surface area (Å²) in [6, 6.07) is 0. The maximum Gasteiger partial charge on any atom is 0.343 e. The van der Waals surface area contributed by atoms with Crippen molar-refractivity contribution in [2.75, 3.05) is 18.1 Å². The molecule has 0 saturated carbocycles. The van der Waals surface area contributed by atoms with Crippen LogP contribution in [0.3, 0.4) is 0 Å². The lowest BCUT2D eigenvalue weighted by molar-refractivity contribution is -0.132. The summed E-state index contributed by atoms with van der Waals surface area (Å²) in [5.41, 5.74) is 0. The molecule has 0 radical (unpaired) electrons. The smallest absolute Gasteiger partial charge is 0.343 e. The number of carbonyl (C=O) groups excluding carboxylic acids is 1. The van der Waals surface area contributed by atoms with Crippen molar-refractivity contribution in [2.45, 2.75) is 6.92 Å². The average Bonchev–Trinajstić information content (AvgIpc) is 2.18. The Bertz CT molecular complexity index is 288. The third-order valence-corrected chi connectivity index (χ3v) is 4.07. The van der Waals surface area contributed by atoms with Gasteiger partial charge in [0.2, 0.25) is 0 Å². The molecule has 0 aromatic carbocycles. The number of hydrogen-bond donors (Lipinski definition) is 2. The Morgan fingerprint density at radius 1 is 1.36 bits per heavy atom. The second-order valence-corrected chi connectivity index (χ2v) is 4.73. The molecular formula is C8H11NO3S2. The fourth-order valence-corrected chi connectivity index (χ4v) is 3.18. The number of rotatable bonds is 3. The van der Waals surface area contributed by atoms with Gasteiger partial charge in [-0.05, 0) is 6.92 Å². The van der Waals surface area contributed by atoms with Gasteiger partial charge in [-0.1, -0.05) is 0 Å². The predicted molar refractivity (Wildman–Crippen MR) is 58.3 cm³/mol. The zero-order valence-electron chi connectivity index (χ0n) is 7.70. The second kappa shape index (κ2) is 5.31. The van der Waals surface area contributed by atoms with E-state index in [2.05, 4.69) is 5.32 Å². The van der Waals surface area contributed by atoms with E-state index in [-0.39, 0.29) is 10.8 Å². The summed E-state index contributed by atoms with van der Waals surface area (Å²) >= 11 is 2.55. The number of likely N-dealkylation sites (N-methyl/N-ethyl adjacent to an activating group) is 1. The minimum atomic E-state index is -1.01. The van der Waals surface area contributed by atoms with Gasteiger partial charge in [-0.3, -0.25) is 4.79 Å². The summed E-state index contributed by atoms with van der Waals surface area (Å²) in [5, 5.41) is 11.5. The van der Waals surface area contributed by atoms with Crippen LogP contribution in [0.5, 0.6) is 0 Å². The van der Waals surface area contributed by atoms with Crippen LogP contribution in [-0.4, -0.2) is 35.0 Å². The quantitative estimate of drug-likeness (QED) is 0.758. The van der Waals surface area contributed by atoms with Gasteiger partial charge >= 0.3 is 5.97 Å². The Hall–Kier alpha value is -0.620. The lowest BCUT2D eigenvalue weighted by atomic mass is 10.4. The molecule has 1 rings (SSSR count). The van der Waals surface area contributed by atoms with Gasteiger partial charge in [-0.25, -0.2) is 4.79 Å². The van der Waals surface area contributed by atoms with E-state index in [0.29, 0.717) is 11.4 Å². The van der Waals surface area contributed by atoms with Crippen LogP contribution in [-0.2, 0) is 9.59 Å². The number of carboxylic acid groups (broad SMARTS) is 1. The van der Waals surface area contributed by atoms with Crippen molar-refractivity contribution in [3.8, 4) is 0 Å². The van der Waals surface area contributed by atoms with Crippen LogP contribution in [0.25, 0.3) is 0 Å². The van der Waals surface area contributed by atoms with E-state index in [0.717, 1.165) is 11.5 Å². The van der Waals surface area contributed by atoms with Gasteiger partial charge in [-0.15, -0.1) is 23.5 Å². The predicted octanol–water partition coefficient (Wildman–Crippen LogP) is 0.899. The van der Waals surface area contributed by atoms with Crippen LogP contribution in [0.4, 0.5) is 0 Å². The molecule has 6 heteroatoms. The highest BCUT2D eigenvalue weighted by Gasteiger charge is 2.24. The van der Waals surface area contributed by atoms with Crippen LogP contribution in [0, 0.1) is 0 Å². The molecular weight excluding hydrogens is 222 g/mol. The number of amides is 1. The van der Waals surface area contributed by atoms with Crippen molar-refractivity contribution in [3.63, 3.8) is 0 Å². The van der Waals surface area contributed by atoms with Gasteiger partial charge in [0.25, 0.3) is 5.91 Å². The molecule has 0 unspecified atom stereocenters. The summed E-state index contributed by atoms with van der Waals surface area (Å²) in [4.78, 5) is 22.8. The first kappa shape index (κ1) is 11.5. The fourth-order valence-electron chi connectivity index (χ4n) is 0.987. The summed E-state index contributed by atoms with van der Waals surface area (Å²) in [6.07, 6.45) is 0. The normalized spacial score (nSPS) is 16.6. The Morgan fingerprint density at radius 2 is 1.93 bits per heavy atom. The van der Waals surface area contributed by atoms with Gasteiger partial charge in [-0.2, -0.15) is 0 Å². The third kappa shape index (κ3) is 2.68. The van der Waals surface area contributed by atoms with E-state index >= 15 is 0 Å². The molecule has 0 spiro atoms. The van der Waals surface area contributed by atoms with E-state index in [9.17, 15) is 9.59 Å². The molecule has 4 nitrogen and oxygen atoms in total. The molecule has 1 aliphatic rings. The topological polar surface area (TPSA) is 66.4 Å². The molecule has 1 aliphatic heterocycles. The molecule has 2 N–H and O–H groups in total. The molecule has 0 bridgehead atoms. The maximum atomic E-state index is 11.4. The average molecular weight is 233 g/mol. The van der Waals surface area contributed by atoms with E-state index in [1.807, 2.05) is 0 Å². The van der Waals surface area contributed by atoms with Crippen LogP contribution in [0.15, 0.2) is 9.81 Å². The van der Waals surface area contributed by atoms with Gasteiger partial charge in [0.05, 0.1) is 4.91 Å². The Kier molecular flexibility index (Phi) is 4.34. The fraction of sp³-hybridized carbons (Fsp3) is 0.500. The zero-order valence-corrected chi connectivity index (χ0v) is 9.33. The summed E-state index contributed by atoms with van der Waals surface area (Å²) < 4.78 is 0. The van der Waals surface area contributed by atoms with Crippen molar-refractivity contribution >= 4 is 35.4 Å². The molecule has 0 atom stereocenters. The maximum absolute atomic E-state index is 11.4. The first-order valence-electron chi connectivity index (χ1n) is 4.18. The van der Waals surface area contributed by atoms with Crippen LogP contribution >= 0.6 is 23.5 Å². The molecule has 0 aromatic heterocycles. The van der Waals surface area contributed by atoms with Crippen molar-refractivity contribution in [1.82, 2.24) is 5.32 Å². The van der Waals surface area contributed by atoms with Gasteiger partial charge in [0, 0.05) is 18.1 Å². The molecule has 0 aliphatic carbocycles. The molecule has 1 heterocycles. The first-order chi connectivity index (χ1) is 6.66. The van der Waals surface area contributed by atoms with Gasteiger partial charge in [0.1, 0.15) is 4.91 Å². The molecule has 0 saturated heterocycles. The number of aliphatic carboxylic acids is 1. The summed E-state index contributed by atoms with van der Waals surface area (Å²) in [7, 11) is 0. The van der Waals surface area contributed by atoms with Crippen LogP contribution in [0.2, 0.25) is 0 Å². The number of thioether (sulfide) groups is 2. The minimum absolute atomic E-state index is 0.173. The first-order valence-corrected chi connectivity index (χ1v) is 6.15. The van der Waals surface area contributed by atoms with Crippen LogP contribution < -0.4 is 5.32 Å². The summed E-state index contributed by atoms with van der Waals surface area (Å²) in [5.74, 6) is 0.244. The van der Waals surface area contributed by atoms with E-state index in [1.165, 1.54) is 23.5 Å². The second-order valence-electron chi connectivity index (χ2n) is 2.52. The highest BCUT2D eigenvalue weighted by molar-refractivity contribution is 8.11. The van der Waals surface area contributed by atoms with Crippen molar-refractivity contribution in [1.29, 1.82) is 0 Å². The van der Waals surface area contributed by atoms with E-state index in [4.69, 9.17) is 5.11 Å². The van der Waals surface area contributed by atoms with Gasteiger partial charge < -0.3 is 10.4 Å². The Morgan fingerprint density at radius 3 is 2.43 bits per heavy atom. The van der Waals surface area contributed by atoms with Gasteiger partial charge in [0.15, 0.2) is 0 Å². The van der Waals surface area contributed by atoms with Crippen molar-refractivity contribution < 1.29 is 14.7 Å². The highest BCUT2D eigenvalue weighted by atomic mass is 32.2. The lowest BCUT2D eigenvalue weighted by Gasteiger charge is -2.15. The standard InChI is InChI=1S/C8H11NO3S2/c1-2-9-7(10)5-6(8(11)12)14-4-3-13-5/h2-4H2,1H3,(H,9,10)(H,11,12). The SMILES string of the molecule is CCNC(=O)C1=C(C(=O)O)SCCS1. The Labute approximate surface area is 90.5 Å².